The van der Waals surface area contributed by atoms with E-state index in [-0.39, 0.29) is 25.0 Å². The van der Waals surface area contributed by atoms with Crippen LogP contribution in [0.3, 0.4) is 0 Å². The molecule has 0 radical (unpaired) electrons. The highest BCUT2D eigenvalue weighted by Gasteiger charge is 2.43. The van der Waals surface area contributed by atoms with Gasteiger partial charge in [0, 0.05) is 13.1 Å². The Bertz CT molecular complexity index is 783. The first-order chi connectivity index (χ1) is 12.4. The molecule has 1 saturated heterocycles. The molecule has 1 aliphatic rings. The minimum absolute atomic E-state index is 0.118. The summed E-state index contributed by atoms with van der Waals surface area (Å²) in [7, 11) is 0. The van der Waals surface area contributed by atoms with Gasteiger partial charge >= 0.3 is 12.1 Å². The molecule has 0 aliphatic carbocycles. The fraction of sp³-hybridized carbons (Fsp3) is 0.450. The van der Waals surface area contributed by atoms with Gasteiger partial charge in [-0.2, -0.15) is 0 Å². The number of carbonyl (C=O) groups is 3. The largest absolute Gasteiger partial charge is 0.336 e. The summed E-state index contributed by atoms with van der Waals surface area (Å²) in [5, 5.41) is 8.23. The molecule has 1 aromatic rings. The van der Waals surface area contributed by atoms with Crippen molar-refractivity contribution >= 4 is 23.5 Å². The quantitative estimate of drug-likeness (QED) is 0.671. The van der Waals surface area contributed by atoms with E-state index < -0.39 is 17.1 Å². The number of imide groups is 1. The van der Waals surface area contributed by atoms with E-state index in [4.69, 9.17) is 0 Å². The van der Waals surface area contributed by atoms with Crippen LogP contribution in [0.2, 0.25) is 0 Å². The Morgan fingerprint density at radius 1 is 1.30 bits per heavy atom. The highest BCUT2D eigenvalue weighted by molar-refractivity contribution is 6.06. The number of allylic oxidation sites excluding steroid dienone is 1. The Balaban J connectivity index is 1.91. The van der Waals surface area contributed by atoms with Crippen LogP contribution < -0.4 is 16.0 Å². The fourth-order valence-electron chi connectivity index (χ4n) is 2.88. The Morgan fingerprint density at radius 3 is 2.52 bits per heavy atom. The first-order valence-electron chi connectivity index (χ1n) is 8.90. The smallest absolute Gasteiger partial charge is 0.325 e. The Labute approximate surface area is 160 Å². The molecule has 1 aromatic carbocycles. The summed E-state index contributed by atoms with van der Waals surface area (Å²) >= 11 is 0. The van der Waals surface area contributed by atoms with Gasteiger partial charge in [0.2, 0.25) is 0 Å². The topological polar surface area (TPSA) is 90.5 Å². The average Bonchev–Trinajstić information content (AvgIpc) is 2.76. The number of hydrogen-bond donors (Lipinski definition) is 3. The first-order valence-corrected chi connectivity index (χ1v) is 8.90. The second-order valence-electron chi connectivity index (χ2n) is 7.88. The Morgan fingerprint density at radius 2 is 1.96 bits per heavy atom. The third kappa shape index (κ3) is 4.67. The van der Waals surface area contributed by atoms with Crippen molar-refractivity contribution in [1.29, 1.82) is 0 Å². The summed E-state index contributed by atoms with van der Waals surface area (Å²) < 4.78 is 0. The van der Waals surface area contributed by atoms with Crippen LogP contribution in [0.4, 0.5) is 9.59 Å². The molecule has 5 amide bonds. The third-order valence-corrected chi connectivity index (χ3v) is 4.57. The standard InChI is InChI=1S/C20H28N4O3/c1-13(2)14-8-7-9-15(12-14)19(3,4)22-17(26)21-10-11-24-16(25)20(5,6)23-18(24)27/h7-9,12H,1,10-11H2,2-6H3,(H,23,27)(H2,21,22,26). The van der Waals surface area contributed by atoms with Crippen molar-refractivity contribution < 1.29 is 14.4 Å². The van der Waals surface area contributed by atoms with Gasteiger partial charge in [-0.3, -0.25) is 9.69 Å². The number of amides is 5. The SMILES string of the molecule is C=C(C)c1cccc(C(C)(C)NC(=O)NCCN2C(=O)NC(C)(C)C2=O)c1. The van der Waals surface area contributed by atoms with E-state index in [1.165, 1.54) is 0 Å². The van der Waals surface area contributed by atoms with Gasteiger partial charge in [0.1, 0.15) is 5.54 Å². The number of carbonyl (C=O) groups excluding carboxylic acids is 3. The van der Waals surface area contributed by atoms with Crippen LogP contribution in [0.15, 0.2) is 30.8 Å². The van der Waals surface area contributed by atoms with Crippen molar-refractivity contribution in [3.63, 3.8) is 0 Å². The molecule has 3 N–H and O–H groups in total. The molecule has 1 aliphatic heterocycles. The van der Waals surface area contributed by atoms with Crippen molar-refractivity contribution in [2.45, 2.75) is 45.7 Å². The van der Waals surface area contributed by atoms with Crippen LogP contribution in [-0.2, 0) is 10.3 Å². The fourth-order valence-corrected chi connectivity index (χ4v) is 2.88. The van der Waals surface area contributed by atoms with E-state index in [1.807, 2.05) is 45.0 Å². The molecular formula is C20H28N4O3. The van der Waals surface area contributed by atoms with Gasteiger partial charge in [-0.1, -0.05) is 30.4 Å². The molecule has 0 atom stereocenters. The van der Waals surface area contributed by atoms with Crippen molar-refractivity contribution in [2.24, 2.45) is 0 Å². The molecule has 146 valence electrons. The van der Waals surface area contributed by atoms with E-state index >= 15 is 0 Å². The van der Waals surface area contributed by atoms with Crippen molar-refractivity contribution in [2.75, 3.05) is 13.1 Å². The molecule has 1 fully saturated rings. The molecule has 2 rings (SSSR count). The van der Waals surface area contributed by atoms with Crippen LogP contribution in [0.1, 0.15) is 45.7 Å². The summed E-state index contributed by atoms with van der Waals surface area (Å²) in [4.78, 5) is 37.3. The van der Waals surface area contributed by atoms with Gasteiger partial charge in [0.15, 0.2) is 0 Å². The number of benzene rings is 1. The zero-order valence-electron chi connectivity index (χ0n) is 16.6. The van der Waals surface area contributed by atoms with E-state index in [0.717, 1.165) is 21.6 Å². The predicted octanol–water partition coefficient (Wildman–Crippen LogP) is 2.58. The van der Waals surface area contributed by atoms with Gasteiger partial charge < -0.3 is 16.0 Å². The Kier molecular flexibility index (Phi) is 5.63. The van der Waals surface area contributed by atoms with Gasteiger partial charge in [0.25, 0.3) is 5.91 Å². The lowest BCUT2D eigenvalue weighted by Gasteiger charge is -2.28. The lowest BCUT2D eigenvalue weighted by molar-refractivity contribution is -0.130. The van der Waals surface area contributed by atoms with Crippen LogP contribution in [-0.4, -0.2) is 41.5 Å². The lowest BCUT2D eigenvalue weighted by atomic mass is 9.92. The highest BCUT2D eigenvalue weighted by Crippen LogP contribution is 2.23. The molecule has 0 aromatic heterocycles. The summed E-state index contributed by atoms with van der Waals surface area (Å²) in [5.41, 5.74) is 1.42. The molecule has 27 heavy (non-hydrogen) atoms. The van der Waals surface area contributed by atoms with Crippen molar-refractivity contribution in [3.05, 3.63) is 42.0 Å². The van der Waals surface area contributed by atoms with Gasteiger partial charge in [0.05, 0.1) is 5.54 Å². The maximum Gasteiger partial charge on any atom is 0.325 e. The number of hydrogen-bond acceptors (Lipinski definition) is 3. The van der Waals surface area contributed by atoms with E-state index in [0.29, 0.717) is 0 Å². The zero-order chi connectivity index (χ0) is 20.4. The Hall–Kier alpha value is -2.83. The summed E-state index contributed by atoms with van der Waals surface area (Å²) in [5.74, 6) is -0.299. The molecular weight excluding hydrogens is 344 g/mol. The highest BCUT2D eigenvalue weighted by atomic mass is 16.2. The van der Waals surface area contributed by atoms with Crippen LogP contribution in [0.5, 0.6) is 0 Å². The van der Waals surface area contributed by atoms with Crippen LogP contribution in [0.25, 0.3) is 5.57 Å². The van der Waals surface area contributed by atoms with Crippen molar-refractivity contribution in [3.8, 4) is 0 Å². The number of rotatable bonds is 6. The minimum atomic E-state index is -0.907. The summed E-state index contributed by atoms with van der Waals surface area (Å²) in [6, 6.07) is 7.04. The van der Waals surface area contributed by atoms with E-state index in [1.54, 1.807) is 13.8 Å². The first kappa shape index (κ1) is 20.5. The van der Waals surface area contributed by atoms with Crippen LogP contribution >= 0.6 is 0 Å². The van der Waals surface area contributed by atoms with E-state index in [2.05, 4.69) is 22.5 Å². The maximum atomic E-state index is 12.3. The van der Waals surface area contributed by atoms with Crippen LogP contribution in [0, 0.1) is 0 Å². The predicted molar refractivity (Wildman–Crippen MR) is 105 cm³/mol. The summed E-state index contributed by atoms with van der Waals surface area (Å²) in [6.45, 7) is 13.3. The summed E-state index contributed by atoms with van der Waals surface area (Å²) in [6.07, 6.45) is 0. The normalized spacial score (nSPS) is 16.1. The van der Waals surface area contributed by atoms with E-state index in [9.17, 15) is 14.4 Å². The maximum absolute atomic E-state index is 12.3. The molecule has 0 bridgehead atoms. The number of nitrogens with zero attached hydrogens (tertiary/aromatic N) is 1. The molecule has 7 heteroatoms. The second-order valence-corrected chi connectivity index (χ2v) is 7.88. The molecule has 0 saturated carbocycles. The molecule has 0 unspecified atom stereocenters. The van der Waals surface area contributed by atoms with Gasteiger partial charge in [-0.05, 0) is 51.8 Å². The van der Waals surface area contributed by atoms with Gasteiger partial charge in [-0.25, -0.2) is 9.59 Å². The lowest BCUT2D eigenvalue weighted by Crippen LogP contribution is -2.48. The third-order valence-electron chi connectivity index (χ3n) is 4.57. The number of nitrogens with one attached hydrogen (secondary N) is 3. The van der Waals surface area contributed by atoms with Crippen molar-refractivity contribution in [1.82, 2.24) is 20.9 Å². The average molecular weight is 372 g/mol. The zero-order valence-corrected chi connectivity index (χ0v) is 16.6. The second kappa shape index (κ2) is 7.42. The number of urea groups is 2. The molecule has 7 nitrogen and oxygen atoms in total. The monoisotopic (exact) mass is 372 g/mol. The van der Waals surface area contributed by atoms with Gasteiger partial charge in [-0.15, -0.1) is 0 Å². The molecule has 1 heterocycles. The minimum Gasteiger partial charge on any atom is -0.336 e. The molecule has 0 spiro atoms.